The van der Waals surface area contributed by atoms with Crippen molar-refractivity contribution in [1.82, 2.24) is 4.90 Å². The highest BCUT2D eigenvalue weighted by atomic mass is 35.5. The molecule has 0 saturated carbocycles. The molecule has 1 aliphatic rings. The number of hydrogen-bond donors (Lipinski definition) is 0. The molecule has 1 aromatic carbocycles. The van der Waals surface area contributed by atoms with E-state index in [4.69, 9.17) is 11.6 Å². The van der Waals surface area contributed by atoms with Gasteiger partial charge in [-0.05, 0) is 18.8 Å². The zero-order chi connectivity index (χ0) is 15.7. The van der Waals surface area contributed by atoms with Crippen LogP contribution in [-0.2, 0) is 0 Å². The number of piperidine rings is 1. The Morgan fingerprint density at radius 3 is 1.81 bits per heavy atom. The summed E-state index contributed by atoms with van der Waals surface area (Å²) in [5.41, 5.74) is -1.41. The van der Waals surface area contributed by atoms with E-state index in [9.17, 15) is 26.7 Å². The summed E-state index contributed by atoms with van der Waals surface area (Å²) in [5.74, 6) is -11.3. The number of alkyl halides is 1. The molecule has 0 aliphatic carbocycles. The molecule has 2 rings (SSSR count). The van der Waals surface area contributed by atoms with Crippen LogP contribution in [0.5, 0.6) is 0 Å². The van der Waals surface area contributed by atoms with Gasteiger partial charge in [0.25, 0.3) is 5.91 Å². The first-order valence-electron chi connectivity index (χ1n) is 6.25. The summed E-state index contributed by atoms with van der Waals surface area (Å²) in [6.45, 7) is 0.325. The highest BCUT2D eigenvalue weighted by Gasteiger charge is 2.33. The third kappa shape index (κ3) is 2.84. The zero-order valence-electron chi connectivity index (χ0n) is 10.7. The number of carbonyl (C=O) groups is 1. The second-order valence-corrected chi connectivity index (χ2v) is 5.14. The third-order valence-corrected chi connectivity index (χ3v) is 3.98. The molecule has 0 spiro atoms. The molecule has 1 aromatic rings. The van der Waals surface area contributed by atoms with Crippen molar-refractivity contribution < 1.29 is 26.7 Å². The summed E-state index contributed by atoms with van der Waals surface area (Å²) in [6.07, 6.45) is 1.04. The first kappa shape index (κ1) is 16.0. The molecule has 116 valence electrons. The Bertz CT molecular complexity index is 543. The molecule has 0 aromatic heterocycles. The predicted octanol–water partition coefficient (Wildman–Crippen LogP) is 3.47. The van der Waals surface area contributed by atoms with Crippen molar-refractivity contribution >= 4 is 17.5 Å². The van der Waals surface area contributed by atoms with Crippen LogP contribution >= 0.6 is 11.6 Å². The zero-order valence-corrected chi connectivity index (χ0v) is 11.5. The van der Waals surface area contributed by atoms with Crippen molar-refractivity contribution in [3.05, 3.63) is 34.6 Å². The van der Waals surface area contributed by atoms with Crippen LogP contribution in [0, 0.1) is 35.0 Å². The van der Waals surface area contributed by atoms with E-state index in [0.29, 0.717) is 18.7 Å². The minimum absolute atomic E-state index is 0.162. The van der Waals surface area contributed by atoms with Crippen molar-refractivity contribution in [2.45, 2.75) is 12.8 Å². The fraction of sp³-hybridized carbons (Fsp3) is 0.462. The van der Waals surface area contributed by atoms with Crippen LogP contribution in [-0.4, -0.2) is 29.8 Å². The highest BCUT2D eigenvalue weighted by molar-refractivity contribution is 6.18. The van der Waals surface area contributed by atoms with Gasteiger partial charge in [0.2, 0.25) is 5.82 Å². The van der Waals surface area contributed by atoms with E-state index in [1.54, 1.807) is 0 Å². The molecular weight excluding hydrogens is 317 g/mol. The first-order chi connectivity index (χ1) is 9.88. The molecule has 0 atom stereocenters. The average Bonchev–Trinajstić information content (AvgIpc) is 2.51. The molecule has 1 amide bonds. The number of nitrogens with zero attached hydrogens (tertiary/aromatic N) is 1. The lowest BCUT2D eigenvalue weighted by Gasteiger charge is -2.31. The van der Waals surface area contributed by atoms with Gasteiger partial charge in [0.05, 0.1) is 0 Å². The SMILES string of the molecule is O=C(c1c(F)c(F)c(F)c(F)c1F)N1CCC(CCl)CC1. The van der Waals surface area contributed by atoms with Gasteiger partial charge >= 0.3 is 0 Å². The van der Waals surface area contributed by atoms with E-state index >= 15 is 0 Å². The maximum atomic E-state index is 13.6. The van der Waals surface area contributed by atoms with Crippen LogP contribution in [0.4, 0.5) is 22.0 Å². The van der Waals surface area contributed by atoms with Gasteiger partial charge in [-0.25, -0.2) is 22.0 Å². The van der Waals surface area contributed by atoms with Gasteiger partial charge in [0.1, 0.15) is 5.56 Å². The van der Waals surface area contributed by atoms with Gasteiger partial charge in [-0.2, -0.15) is 0 Å². The predicted molar refractivity (Wildman–Crippen MR) is 65.6 cm³/mol. The summed E-state index contributed by atoms with van der Waals surface area (Å²) >= 11 is 5.67. The van der Waals surface area contributed by atoms with Crippen LogP contribution in [0.3, 0.4) is 0 Å². The number of hydrogen-bond acceptors (Lipinski definition) is 1. The number of benzene rings is 1. The van der Waals surface area contributed by atoms with Crippen LogP contribution < -0.4 is 0 Å². The molecule has 0 unspecified atom stereocenters. The number of halogens is 6. The van der Waals surface area contributed by atoms with Crippen molar-refractivity contribution in [3.63, 3.8) is 0 Å². The number of carbonyl (C=O) groups excluding carboxylic acids is 1. The molecule has 1 fully saturated rings. The lowest BCUT2D eigenvalue weighted by atomic mass is 9.98. The minimum atomic E-state index is -2.28. The van der Waals surface area contributed by atoms with Crippen LogP contribution in [0.2, 0.25) is 0 Å². The van der Waals surface area contributed by atoms with Crippen LogP contribution in [0.1, 0.15) is 23.2 Å². The van der Waals surface area contributed by atoms with E-state index in [-0.39, 0.29) is 19.0 Å². The Morgan fingerprint density at radius 1 is 0.952 bits per heavy atom. The molecule has 1 heterocycles. The van der Waals surface area contributed by atoms with E-state index in [0.717, 1.165) is 4.90 Å². The summed E-state index contributed by atoms with van der Waals surface area (Å²) in [5, 5.41) is 0. The summed E-state index contributed by atoms with van der Waals surface area (Å²) in [6, 6.07) is 0. The second kappa shape index (κ2) is 6.17. The molecule has 0 radical (unpaired) electrons. The minimum Gasteiger partial charge on any atom is -0.338 e. The molecule has 8 heteroatoms. The smallest absolute Gasteiger partial charge is 0.260 e. The van der Waals surface area contributed by atoms with Gasteiger partial charge in [-0.3, -0.25) is 4.79 Å². The van der Waals surface area contributed by atoms with E-state index in [2.05, 4.69) is 0 Å². The fourth-order valence-electron chi connectivity index (χ4n) is 2.24. The number of rotatable bonds is 2. The van der Waals surface area contributed by atoms with E-state index in [1.807, 2.05) is 0 Å². The Labute approximate surface area is 122 Å². The highest BCUT2D eigenvalue weighted by Crippen LogP contribution is 2.26. The van der Waals surface area contributed by atoms with Crippen molar-refractivity contribution in [2.75, 3.05) is 19.0 Å². The Hall–Kier alpha value is -1.37. The third-order valence-electron chi connectivity index (χ3n) is 3.54. The van der Waals surface area contributed by atoms with Crippen molar-refractivity contribution in [3.8, 4) is 0 Å². The largest absolute Gasteiger partial charge is 0.338 e. The second-order valence-electron chi connectivity index (χ2n) is 4.83. The van der Waals surface area contributed by atoms with Gasteiger partial charge < -0.3 is 4.90 Å². The van der Waals surface area contributed by atoms with E-state index < -0.39 is 40.6 Å². The quantitative estimate of drug-likeness (QED) is 0.352. The molecule has 1 aliphatic heterocycles. The van der Waals surface area contributed by atoms with Crippen LogP contribution in [0.15, 0.2) is 0 Å². The standard InChI is InChI=1S/C13H11ClF5NO/c14-5-6-1-3-20(4-2-6)13(21)7-8(15)10(17)12(19)11(18)9(7)16/h6H,1-5H2. The Morgan fingerprint density at radius 2 is 1.38 bits per heavy atom. The molecule has 1 saturated heterocycles. The Balaban J connectivity index is 2.32. The van der Waals surface area contributed by atoms with Gasteiger partial charge in [-0.15, -0.1) is 11.6 Å². The fourth-order valence-corrected chi connectivity index (χ4v) is 2.55. The topological polar surface area (TPSA) is 20.3 Å². The lowest BCUT2D eigenvalue weighted by Crippen LogP contribution is -2.40. The summed E-state index contributed by atoms with van der Waals surface area (Å²) in [7, 11) is 0. The normalized spacial score (nSPS) is 16.4. The molecule has 0 N–H and O–H groups in total. The molecule has 21 heavy (non-hydrogen) atoms. The maximum absolute atomic E-state index is 13.6. The van der Waals surface area contributed by atoms with Crippen molar-refractivity contribution in [1.29, 1.82) is 0 Å². The number of likely N-dealkylation sites (tertiary alicyclic amines) is 1. The maximum Gasteiger partial charge on any atom is 0.260 e. The van der Waals surface area contributed by atoms with Crippen molar-refractivity contribution in [2.24, 2.45) is 5.92 Å². The van der Waals surface area contributed by atoms with Gasteiger partial charge in [0, 0.05) is 19.0 Å². The number of amides is 1. The monoisotopic (exact) mass is 327 g/mol. The summed E-state index contributed by atoms with van der Waals surface area (Å²) in [4.78, 5) is 13.1. The molecule has 0 bridgehead atoms. The average molecular weight is 328 g/mol. The van der Waals surface area contributed by atoms with Gasteiger partial charge in [-0.1, -0.05) is 0 Å². The molecular formula is C13H11ClF5NO. The molecule has 2 nitrogen and oxygen atoms in total. The first-order valence-corrected chi connectivity index (χ1v) is 6.78. The van der Waals surface area contributed by atoms with Gasteiger partial charge in [0.15, 0.2) is 23.3 Å². The van der Waals surface area contributed by atoms with E-state index in [1.165, 1.54) is 0 Å². The lowest BCUT2D eigenvalue weighted by molar-refractivity contribution is 0.0685. The Kier molecular flexibility index (Phi) is 4.70. The summed E-state index contributed by atoms with van der Waals surface area (Å²) < 4.78 is 66.3. The van der Waals surface area contributed by atoms with Crippen LogP contribution in [0.25, 0.3) is 0 Å².